The summed E-state index contributed by atoms with van der Waals surface area (Å²) in [4.78, 5) is 13.7. The highest BCUT2D eigenvalue weighted by Crippen LogP contribution is 2.39. The Morgan fingerprint density at radius 3 is 2.52 bits per heavy atom. The standard InChI is InChI=1S/C22H14O2S/c1-3-15-12-14(2)13-17-19(15)20(16-8-5-4-6-9-16)21(22(23)24-17)18-10-7-11-25-18/h1,4-13H,2H3. The van der Waals surface area contributed by atoms with E-state index in [1.165, 1.54) is 11.3 Å². The molecule has 3 heteroatoms. The molecule has 0 spiro atoms. The zero-order chi connectivity index (χ0) is 17.4. The molecular weight excluding hydrogens is 328 g/mol. The van der Waals surface area contributed by atoms with Crippen LogP contribution in [0.4, 0.5) is 0 Å². The molecule has 120 valence electrons. The lowest BCUT2D eigenvalue weighted by atomic mass is 9.93. The predicted molar refractivity (Wildman–Crippen MR) is 104 cm³/mol. The Bertz CT molecular complexity index is 1160. The van der Waals surface area contributed by atoms with Crippen LogP contribution >= 0.6 is 11.3 Å². The second-order valence-corrected chi connectivity index (χ2v) is 6.76. The van der Waals surface area contributed by atoms with E-state index in [9.17, 15) is 4.79 Å². The second-order valence-electron chi connectivity index (χ2n) is 5.81. The molecule has 0 unspecified atom stereocenters. The van der Waals surface area contributed by atoms with Gasteiger partial charge in [0, 0.05) is 21.4 Å². The van der Waals surface area contributed by atoms with Crippen LogP contribution in [0.15, 0.2) is 69.2 Å². The fraction of sp³-hybridized carbons (Fsp3) is 0.0455. The first-order valence-electron chi connectivity index (χ1n) is 7.86. The normalized spacial score (nSPS) is 10.7. The van der Waals surface area contributed by atoms with Gasteiger partial charge in [-0.3, -0.25) is 0 Å². The number of terminal acetylenes is 1. The van der Waals surface area contributed by atoms with Crippen molar-refractivity contribution < 1.29 is 4.42 Å². The Balaban J connectivity index is 2.26. The lowest BCUT2D eigenvalue weighted by molar-refractivity contribution is 0.564. The van der Waals surface area contributed by atoms with E-state index in [0.717, 1.165) is 32.5 Å². The molecule has 0 aliphatic rings. The average Bonchev–Trinajstić information content (AvgIpc) is 3.14. The number of thiophene rings is 1. The first-order chi connectivity index (χ1) is 12.2. The fourth-order valence-electron chi connectivity index (χ4n) is 3.12. The lowest BCUT2D eigenvalue weighted by Gasteiger charge is -2.13. The van der Waals surface area contributed by atoms with Crippen LogP contribution in [0.1, 0.15) is 11.1 Å². The number of fused-ring (bicyclic) bond motifs is 1. The summed E-state index contributed by atoms with van der Waals surface area (Å²) in [6, 6.07) is 17.5. The van der Waals surface area contributed by atoms with Gasteiger partial charge in [0.25, 0.3) is 0 Å². The molecule has 0 N–H and O–H groups in total. The summed E-state index contributed by atoms with van der Waals surface area (Å²) >= 11 is 1.51. The molecule has 0 saturated heterocycles. The maximum atomic E-state index is 12.8. The van der Waals surface area contributed by atoms with Gasteiger partial charge in [-0.15, -0.1) is 17.8 Å². The van der Waals surface area contributed by atoms with E-state index >= 15 is 0 Å². The van der Waals surface area contributed by atoms with E-state index in [0.29, 0.717) is 11.1 Å². The maximum Gasteiger partial charge on any atom is 0.345 e. The average molecular weight is 342 g/mol. The molecule has 0 fully saturated rings. The molecule has 0 aliphatic carbocycles. The number of aryl methyl sites for hydroxylation is 1. The Labute approximate surface area is 149 Å². The maximum absolute atomic E-state index is 12.8. The SMILES string of the molecule is C#Cc1cc(C)cc2oc(=O)c(-c3cccs3)c(-c3ccccc3)c12. The predicted octanol–water partition coefficient (Wildman–Crippen LogP) is 5.48. The molecule has 0 radical (unpaired) electrons. The van der Waals surface area contributed by atoms with Crippen molar-refractivity contribution in [1.82, 2.24) is 0 Å². The van der Waals surface area contributed by atoms with Crippen molar-refractivity contribution in [1.29, 1.82) is 0 Å². The van der Waals surface area contributed by atoms with E-state index < -0.39 is 0 Å². The molecule has 2 aromatic heterocycles. The first-order valence-corrected chi connectivity index (χ1v) is 8.74. The van der Waals surface area contributed by atoms with Crippen molar-refractivity contribution in [2.45, 2.75) is 6.92 Å². The van der Waals surface area contributed by atoms with Crippen LogP contribution in [0.5, 0.6) is 0 Å². The molecule has 4 rings (SSSR count). The van der Waals surface area contributed by atoms with Gasteiger partial charge in [0.05, 0.1) is 5.56 Å². The van der Waals surface area contributed by atoms with E-state index in [1.807, 2.05) is 66.9 Å². The summed E-state index contributed by atoms with van der Waals surface area (Å²) in [6.45, 7) is 1.94. The molecule has 0 aliphatic heterocycles. The highest BCUT2D eigenvalue weighted by atomic mass is 32.1. The Hall–Kier alpha value is -3.09. The smallest absolute Gasteiger partial charge is 0.345 e. The molecule has 0 atom stereocenters. The summed E-state index contributed by atoms with van der Waals surface area (Å²) < 4.78 is 5.66. The van der Waals surface area contributed by atoms with Crippen LogP contribution in [0.25, 0.3) is 32.5 Å². The van der Waals surface area contributed by atoms with Gasteiger partial charge in [-0.1, -0.05) is 42.3 Å². The molecular formula is C22H14O2S. The third-order valence-corrected chi connectivity index (χ3v) is 5.03. The van der Waals surface area contributed by atoms with Gasteiger partial charge < -0.3 is 4.42 Å². The minimum absolute atomic E-state index is 0.345. The van der Waals surface area contributed by atoms with Gasteiger partial charge in [-0.25, -0.2) is 4.79 Å². The molecule has 25 heavy (non-hydrogen) atoms. The van der Waals surface area contributed by atoms with Crippen LogP contribution in [0, 0.1) is 19.3 Å². The summed E-state index contributed by atoms with van der Waals surface area (Å²) in [5.74, 6) is 2.75. The lowest BCUT2D eigenvalue weighted by Crippen LogP contribution is -2.06. The number of hydrogen-bond acceptors (Lipinski definition) is 3. The molecule has 0 amide bonds. The van der Waals surface area contributed by atoms with Gasteiger partial charge in [-0.05, 0) is 41.6 Å². The monoisotopic (exact) mass is 342 g/mol. The molecule has 4 aromatic rings. The molecule has 0 bridgehead atoms. The van der Waals surface area contributed by atoms with Gasteiger partial charge in [-0.2, -0.15) is 0 Å². The van der Waals surface area contributed by atoms with Gasteiger partial charge in [0.2, 0.25) is 0 Å². The van der Waals surface area contributed by atoms with Gasteiger partial charge >= 0.3 is 5.63 Å². The van der Waals surface area contributed by atoms with E-state index in [1.54, 1.807) is 0 Å². The highest BCUT2D eigenvalue weighted by Gasteiger charge is 2.20. The van der Waals surface area contributed by atoms with Crippen molar-refractivity contribution in [3.8, 4) is 33.9 Å². The summed E-state index contributed by atoms with van der Waals surface area (Å²) in [7, 11) is 0. The molecule has 0 saturated carbocycles. The summed E-state index contributed by atoms with van der Waals surface area (Å²) in [5, 5.41) is 2.76. The minimum Gasteiger partial charge on any atom is -0.422 e. The van der Waals surface area contributed by atoms with Gasteiger partial charge in [0.15, 0.2) is 0 Å². The van der Waals surface area contributed by atoms with Crippen molar-refractivity contribution in [2.24, 2.45) is 0 Å². The third kappa shape index (κ3) is 2.57. The summed E-state index contributed by atoms with van der Waals surface area (Å²) in [5.41, 5.74) is 4.22. The van der Waals surface area contributed by atoms with Crippen molar-refractivity contribution in [3.63, 3.8) is 0 Å². The highest BCUT2D eigenvalue weighted by molar-refractivity contribution is 7.13. The fourth-order valence-corrected chi connectivity index (χ4v) is 3.89. The van der Waals surface area contributed by atoms with E-state index in [2.05, 4.69) is 5.92 Å². The van der Waals surface area contributed by atoms with E-state index in [4.69, 9.17) is 10.8 Å². The number of rotatable bonds is 2. The van der Waals surface area contributed by atoms with Crippen molar-refractivity contribution in [3.05, 3.63) is 81.5 Å². The minimum atomic E-state index is -0.345. The third-order valence-electron chi connectivity index (χ3n) is 4.14. The number of benzene rings is 2. The van der Waals surface area contributed by atoms with Crippen LogP contribution in [0.3, 0.4) is 0 Å². The topological polar surface area (TPSA) is 30.2 Å². The second kappa shape index (κ2) is 6.08. The van der Waals surface area contributed by atoms with Gasteiger partial charge in [0.1, 0.15) is 5.58 Å². The number of hydrogen-bond donors (Lipinski definition) is 0. The van der Waals surface area contributed by atoms with Crippen LogP contribution < -0.4 is 5.63 Å². The Morgan fingerprint density at radius 2 is 1.84 bits per heavy atom. The molecule has 2 nitrogen and oxygen atoms in total. The quantitative estimate of drug-likeness (QED) is 0.357. The van der Waals surface area contributed by atoms with Crippen molar-refractivity contribution >= 4 is 22.3 Å². The van der Waals surface area contributed by atoms with Crippen LogP contribution in [-0.4, -0.2) is 0 Å². The van der Waals surface area contributed by atoms with E-state index in [-0.39, 0.29) is 5.63 Å². The Morgan fingerprint density at radius 1 is 1.04 bits per heavy atom. The zero-order valence-electron chi connectivity index (χ0n) is 13.6. The largest absolute Gasteiger partial charge is 0.422 e. The summed E-state index contributed by atoms with van der Waals surface area (Å²) in [6.07, 6.45) is 5.77. The van der Waals surface area contributed by atoms with Crippen LogP contribution in [-0.2, 0) is 0 Å². The Kier molecular flexibility index (Phi) is 3.76. The molecule has 2 heterocycles. The van der Waals surface area contributed by atoms with Crippen LogP contribution in [0.2, 0.25) is 0 Å². The molecule has 2 aromatic carbocycles. The van der Waals surface area contributed by atoms with Crippen molar-refractivity contribution in [2.75, 3.05) is 0 Å². The first kappa shape index (κ1) is 15.4. The zero-order valence-corrected chi connectivity index (χ0v) is 14.4.